The van der Waals surface area contributed by atoms with Crippen LogP contribution in [0.25, 0.3) is 0 Å². The lowest BCUT2D eigenvalue weighted by Gasteiger charge is -2.37. The average Bonchev–Trinajstić information content (AvgIpc) is 2.75. The number of halogens is 3. The van der Waals surface area contributed by atoms with Gasteiger partial charge in [0, 0.05) is 5.57 Å². The lowest BCUT2D eigenvalue weighted by atomic mass is 9.97. The minimum Gasteiger partial charge on any atom is -0.462 e. The maximum Gasteiger partial charge on any atom is 0.419 e. The summed E-state index contributed by atoms with van der Waals surface area (Å²) in [4.78, 5) is 11.4. The molecule has 1 aliphatic carbocycles. The second-order valence-corrected chi connectivity index (χ2v) is 6.84. The lowest BCUT2D eigenvalue weighted by Crippen LogP contribution is -2.54. The standard InChI is InChI=1S/C16H25F3O4/c1-10(2)13(20)22-9-12-6-7-14(4,8-12)23-11(3)15(5,21)16(17,18)19/h11-12,21H,1,6-9H2,2-5H3. The summed E-state index contributed by atoms with van der Waals surface area (Å²) in [5, 5.41) is 9.67. The Morgan fingerprint density at radius 1 is 1.48 bits per heavy atom. The van der Waals surface area contributed by atoms with Crippen molar-refractivity contribution in [3.63, 3.8) is 0 Å². The van der Waals surface area contributed by atoms with Crippen LogP contribution in [-0.4, -0.2) is 41.2 Å². The fraction of sp³-hybridized carbons (Fsp3) is 0.812. The fourth-order valence-electron chi connectivity index (χ4n) is 2.66. The van der Waals surface area contributed by atoms with E-state index >= 15 is 0 Å². The van der Waals surface area contributed by atoms with E-state index in [4.69, 9.17) is 9.47 Å². The van der Waals surface area contributed by atoms with Gasteiger partial charge in [0.1, 0.15) is 0 Å². The van der Waals surface area contributed by atoms with Crippen molar-refractivity contribution in [2.24, 2.45) is 5.92 Å². The molecule has 0 radical (unpaired) electrons. The number of esters is 1. The Morgan fingerprint density at radius 2 is 2.04 bits per heavy atom. The number of carbonyl (C=O) groups excluding carboxylic acids is 1. The third kappa shape index (κ3) is 4.94. The molecule has 1 aliphatic rings. The largest absolute Gasteiger partial charge is 0.462 e. The van der Waals surface area contributed by atoms with Crippen molar-refractivity contribution in [1.82, 2.24) is 0 Å². The van der Waals surface area contributed by atoms with Gasteiger partial charge in [0.2, 0.25) is 0 Å². The second kappa shape index (κ2) is 6.81. The van der Waals surface area contributed by atoms with E-state index in [1.165, 1.54) is 6.92 Å². The van der Waals surface area contributed by atoms with E-state index in [-0.39, 0.29) is 12.5 Å². The molecule has 0 aromatic heterocycles. The average molecular weight is 338 g/mol. The molecule has 0 heterocycles. The summed E-state index contributed by atoms with van der Waals surface area (Å²) in [6.45, 7) is 8.87. The molecule has 4 unspecified atom stereocenters. The zero-order valence-electron chi connectivity index (χ0n) is 14.0. The van der Waals surface area contributed by atoms with Crippen molar-refractivity contribution in [3.8, 4) is 0 Å². The predicted molar refractivity (Wildman–Crippen MR) is 78.7 cm³/mol. The van der Waals surface area contributed by atoms with Crippen molar-refractivity contribution in [3.05, 3.63) is 12.2 Å². The topological polar surface area (TPSA) is 55.8 Å². The zero-order valence-corrected chi connectivity index (χ0v) is 14.0. The highest BCUT2D eigenvalue weighted by Crippen LogP contribution is 2.42. The molecule has 0 aliphatic heterocycles. The Hall–Kier alpha value is -1.08. The first-order chi connectivity index (χ1) is 10.3. The van der Waals surface area contributed by atoms with Crippen LogP contribution in [0.2, 0.25) is 0 Å². The number of hydrogen-bond donors (Lipinski definition) is 1. The normalized spacial score (nSPS) is 29.0. The number of ether oxygens (including phenoxy) is 2. The molecule has 0 amide bonds. The highest BCUT2D eigenvalue weighted by Gasteiger charge is 2.55. The monoisotopic (exact) mass is 338 g/mol. The van der Waals surface area contributed by atoms with Crippen LogP contribution in [0.15, 0.2) is 12.2 Å². The number of alkyl halides is 3. The molecule has 4 atom stereocenters. The van der Waals surface area contributed by atoms with Gasteiger partial charge in [0.05, 0.1) is 18.3 Å². The molecule has 7 heteroatoms. The minimum absolute atomic E-state index is 0.0198. The molecule has 134 valence electrons. The molecule has 1 N–H and O–H groups in total. The van der Waals surface area contributed by atoms with Crippen LogP contribution in [0.3, 0.4) is 0 Å². The summed E-state index contributed by atoms with van der Waals surface area (Å²) in [5.41, 5.74) is -3.40. The van der Waals surface area contributed by atoms with E-state index < -0.39 is 29.5 Å². The van der Waals surface area contributed by atoms with Crippen LogP contribution >= 0.6 is 0 Å². The van der Waals surface area contributed by atoms with E-state index in [1.807, 2.05) is 0 Å². The molecule has 1 rings (SSSR count). The first kappa shape index (κ1) is 20.0. The van der Waals surface area contributed by atoms with Gasteiger partial charge in [-0.15, -0.1) is 0 Å². The van der Waals surface area contributed by atoms with Crippen LogP contribution in [0.5, 0.6) is 0 Å². The number of carbonyl (C=O) groups is 1. The number of rotatable bonds is 6. The summed E-state index contributed by atoms with van der Waals surface area (Å²) in [6, 6.07) is 0. The molecular weight excluding hydrogens is 313 g/mol. The minimum atomic E-state index is -4.77. The van der Waals surface area contributed by atoms with Gasteiger partial charge in [0.25, 0.3) is 0 Å². The molecule has 23 heavy (non-hydrogen) atoms. The van der Waals surface area contributed by atoms with Crippen molar-refractivity contribution < 1.29 is 32.5 Å². The highest BCUT2D eigenvalue weighted by atomic mass is 19.4. The summed E-state index contributed by atoms with van der Waals surface area (Å²) in [6.07, 6.45) is -4.47. The van der Waals surface area contributed by atoms with Gasteiger partial charge in [-0.25, -0.2) is 4.79 Å². The summed E-state index contributed by atoms with van der Waals surface area (Å²) >= 11 is 0. The molecule has 1 fully saturated rings. The maximum absolute atomic E-state index is 12.8. The van der Waals surface area contributed by atoms with Gasteiger partial charge in [-0.2, -0.15) is 13.2 Å². The van der Waals surface area contributed by atoms with Gasteiger partial charge in [0.15, 0.2) is 5.60 Å². The third-order valence-corrected chi connectivity index (χ3v) is 4.43. The first-order valence-corrected chi connectivity index (χ1v) is 7.58. The number of hydrogen-bond acceptors (Lipinski definition) is 4. The SMILES string of the molecule is C=C(C)C(=O)OCC1CCC(C)(OC(C)C(C)(O)C(F)(F)F)C1. The van der Waals surface area contributed by atoms with E-state index in [0.29, 0.717) is 31.8 Å². The Morgan fingerprint density at radius 3 is 2.52 bits per heavy atom. The van der Waals surface area contributed by atoms with Crippen molar-refractivity contribution in [2.75, 3.05) is 6.61 Å². The summed E-state index contributed by atoms with van der Waals surface area (Å²) in [7, 11) is 0. The van der Waals surface area contributed by atoms with Gasteiger partial charge >= 0.3 is 12.1 Å². The van der Waals surface area contributed by atoms with E-state index in [2.05, 4.69) is 6.58 Å². The summed E-state index contributed by atoms with van der Waals surface area (Å²) < 4.78 is 49.2. The zero-order chi connectivity index (χ0) is 18.1. The van der Waals surface area contributed by atoms with E-state index in [9.17, 15) is 23.1 Å². The quantitative estimate of drug-likeness (QED) is 0.596. The van der Waals surface area contributed by atoms with Crippen LogP contribution < -0.4 is 0 Å². The molecule has 0 aromatic rings. The molecule has 1 saturated carbocycles. The molecule has 0 spiro atoms. The van der Waals surface area contributed by atoms with E-state index in [0.717, 1.165) is 0 Å². The van der Waals surface area contributed by atoms with Crippen molar-refractivity contribution in [2.45, 2.75) is 70.4 Å². The smallest absolute Gasteiger partial charge is 0.419 e. The van der Waals surface area contributed by atoms with Crippen LogP contribution in [0, 0.1) is 5.92 Å². The molecule has 0 saturated heterocycles. The predicted octanol–water partition coefficient (Wildman–Crippen LogP) is 3.38. The summed E-state index contributed by atoms with van der Waals surface area (Å²) in [5.74, 6) is -0.459. The van der Waals surface area contributed by atoms with Crippen molar-refractivity contribution >= 4 is 5.97 Å². The maximum atomic E-state index is 12.8. The van der Waals surface area contributed by atoms with Crippen LogP contribution in [0.1, 0.15) is 47.0 Å². The lowest BCUT2D eigenvalue weighted by molar-refractivity contribution is -0.297. The highest BCUT2D eigenvalue weighted by molar-refractivity contribution is 5.86. The second-order valence-electron chi connectivity index (χ2n) is 6.84. The van der Waals surface area contributed by atoms with Gasteiger partial charge in [-0.1, -0.05) is 6.58 Å². The van der Waals surface area contributed by atoms with Crippen LogP contribution in [0.4, 0.5) is 13.2 Å². The fourth-order valence-corrected chi connectivity index (χ4v) is 2.66. The van der Waals surface area contributed by atoms with Gasteiger partial charge in [-0.05, 0) is 52.9 Å². The molecular formula is C16H25F3O4. The first-order valence-electron chi connectivity index (χ1n) is 7.58. The third-order valence-electron chi connectivity index (χ3n) is 4.43. The molecule has 4 nitrogen and oxygen atoms in total. The van der Waals surface area contributed by atoms with Gasteiger partial charge in [-0.3, -0.25) is 0 Å². The Kier molecular flexibility index (Phi) is 5.91. The van der Waals surface area contributed by atoms with Crippen molar-refractivity contribution in [1.29, 1.82) is 0 Å². The van der Waals surface area contributed by atoms with Crippen LogP contribution in [-0.2, 0) is 14.3 Å². The Labute approximate surface area is 134 Å². The Balaban J connectivity index is 2.59. The van der Waals surface area contributed by atoms with E-state index in [1.54, 1.807) is 13.8 Å². The van der Waals surface area contributed by atoms with Gasteiger partial charge < -0.3 is 14.6 Å². The molecule has 0 bridgehead atoms. The molecule has 0 aromatic carbocycles. The number of aliphatic hydroxyl groups is 1. The Bertz CT molecular complexity index is 459.